The Hall–Kier alpha value is -1.86. The van der Waals surface area contributed by atoms with Gasteiger partial charge in [0.15, 0.2) is 0 Å². The first-order chi connectivity index (χ1) is 8.62. The molecule has 0 aliphatic heterocycles. The third-order valence-corrected chi connectivity index (χ3v) is 3.90. The van der Waals surface area contributed by atoms with Crippen molar-refractivity contribution in [2.75, 3.05) is 12.4 Å². The molecule has 3 N–H and O–H groups in total. The maximum absolute atomic E-state index is 11.5. The van der Waals surface area contributed by atoms with Crippen molar-refractivity contribution in [3.63, 3.8) is 0 Å². The second-order valence-corrected chi connectivity index (χ2v) is 5.55. The first-order valence-corrected chi connectivity index (χ1v) is 6.85. The SMILES string of the molecule is CNS(=O)(=O)c1ccc(NCc2cnc[nH]2)cc1. The molecule has 0 saturated carbocycles. The Kier molecular flexibility index (Phi) is 3.63. The highest BCUT2D eigenvalue weighted by Gasteiger charge is 2.10. The number of imidazole rings is 1. The third-order valence-electron chi connectivity index (χ3n) is 2.47. The van der Waals surface area contributed by atoms with E-state index in [1.165, 1.54) is 7.05 Å². The van der Waals surface area contributed by atoms with Crippen molar-refractivity contribution in [2.45, 2.75) is 11.4 Å². The average Bonchev–Trinajstić information content (AvgIpc) is 2.90. The number of aromatic amines is 1. The van der Waals surface area contributed by atoms with Crippen LogP contribution in [0.15, 0.2) is 41.7 Å². The highest BCUT2D eigenvalue weighted by molar-refractivity contribution is 7.89. The molecule has 0 spiro atoms. The average molecular weight is 266 g/mol. The van der Waals surface area contributed by atoms with Crippen LogP contribution in [0.3, 0.4) is 0 Å². The summed E-state index contributed by atoms with van der Waals surface area (Å²) in [6, 6.07) is 6.56. The molecule has 0 fully saturated rings. The van der Waals surface area contributed by atoms with Gasteiger partial charge in [0.1, 0.15) is 0 Å². The van der Waals surface area contributed by atoms with Crippen molar-refractivity contribution < 1.29 is 8.42 Å². The molecule has 1 aromatic carbocycles. The number of H-pyrrole nitrogens is 1. The molecule has 0 unspecified atom stereocenters. The molecule has 1 aromatic heterocycles. The van der Waals surface area contributed by atoms with Crippen LogP contribution in [0.2, 0.25) is 0 Å². The number of rotatable bonds is 5. The van der Waals surface area contributed by atoms with E-state index in [1.54, 1.807) is 36.8 Å². The molecule has 0 atom stereocenters. The molecule has 0 aliphatic rings. The van der Waals surface area contributed by atoms with E-state index < -0.39 is 10.0 Å². The van der Waals surface area contributed by atoms with Gasteiger partial charge in [0, 0.05) is 11.9 Å². The van der Waals surface area contributed by atoms with E-state index in [-0.39, 0.29) is 4.90 Å². The van der Waals surface area contributed by atoms with Gasteiger partial charge in [-0.05, 0) is 31.3 Å². The largest absolute Gasteiger partial charge is 0.379 e. The van der Waals surface area contributed by atoms with Crippen molar-refractivity contribution in [3.8, 4) is 0 Å². The minimum atomic E-state index is -3.37. The zero-order chi connectivity index (χ0) is 13.0. The van der Waals surface area contributed by atoms with Crippen LogP contribution < -0.4 is 10.0 Å². The van der Waals surface area contributed by atoms with E-state index in [1.807, 2.05) is 0 Å². The van der Waals surface area contributed by atoms with Crippen LogP contribution in [0.25, 0.3) is 0 Å². The first-order valence-electron chi connectivity index (χ1n) is 5.36. The zero-order valence-electron chi connectivity index (χ0n) is 9.84. The predicted octanol–water partition coefficient (Wildman–Crippen LogP) is 0.930. The fourth-order valence-electron chi connectivity index (χ4n) is 1.45. The van der Waals surface area contributed by atoms with E-state index in [0.29, 0.717) is 6.54 Å². The lowest BCUT2D eigenvalue weighted by molar-refractivity contribution is 0.588. The fraction of sp³-hybridized carbons (Fsp3) is 0.182. The molecule has 1 heterocycles. The van der Waals surface area contributed by atoms with Crippen LogP contribution >= 0.6 is 0 Å². The lowest BCUT2D eigenvalue weighted by Crippen LogP contribution is -2.18. The molecule has 18 heavy (non-hydrogen) atoms. The van der Waals surface area contributed by atoms with Crippen LogP contribution in [0.5, 0.6) is 0 Å². The predicted molar refractivity (Wildman–Crippen MR) is 68.6 cm³/mol. The van der Waals surface area contributed by atoms with Crippen LogP contribution in [0.4, 0.5) is 5.69 Å². The Morgan fingerprint density at radius 2 is 2.00 bits per heavy atom. The molecular weight excluding hydrogens is 252 g/mol. The van der Waals surface area contributed by atoms with Gasteiger partial charge >= 0.3 is 0 Å². The lowest BCUT2D eigenvalue weighted by atomic mass is 10.3. The third kappa shape index (κ3) is 2.88. The Labute approximate surface area is 106 Å². The number of hydrogen-bond donors (Lipinski definition) is 3. The van der Waals surface area contributed by atoms with Gasteiger partial charge in [-0.3, -0.25) is 0 Å². The summed E-state index contributed by atoms with van der Waals surface area (Å²) >= 11 is 0. The minimum absolute atomic E-state index is 0.247. The molecule has 0 bridgehead atoms. The monoisotopic (exact) mass is 266 g/mol. The van der Waals surface area contributed by atoms with Crippen molar-refractivity contribution in [3.05, 3.63) is 42.5 Å². The highest BCUT2D eigenvalue weighted by atomic mass is 32.2. The Bertz CT molecular complexity index is 590. The maximum atomic E-state index is 11.5. The number of hydrogen-bond acceptors (Lipinski definition) is 4. The van der Waals surface area contributed by atoms with E-state index in [4.69, 9.17) is 0 Å². The molecule has 0 amide bonds. The van der Waals surface area contributed by atoms with Crippen molar-refractivity contribution in [1.29, 1.82) is 0 Å². The molecule has 0 saturated heterocycles. The Morgan fingerprint density at radius 3 is 2.56 bits per heavy atom. The molecule has 2 aromatic rings. The Morgan fingerprint density at radius 1 is 1.28 bits per heavy atom. The smallest absolute Gasteiger partial charge is 0.240 e. The molecule has 7 heteroatoms. The first kappa shape index (κ1) is 12.6. The topological polar surface area (TPSA) is 86.9 Å². The van der Waals surface area contributed by atoms with Crippen LogP contribution in [0.1, 0.15) is 5.69 Å². The van der Waals surface area contributed by atoms with Gasteiger partial charge in [-0.1, -0.05) is 0 Å². The van der Waals surface area contributed by atoms with Crippen LogP contribution in [-0.2, 0) is 16.6 Å². The normalized spacial score (nSPS) is 11.4. The van der Waals surface area contributed by atoms with E-state index in [2.05, 4.69) is 20.0 Å². The van der Waals surface area contributed by atoms with Crippen LogP contribution in [-0.4, -0.2) is 25.4 Å². The van der Waals surface area contributed by atoms with E-state index in [0.717, 1.165) is 11.4 Å². The summed E-state index contributed by atoms with van der Waals surface area (Å²) in [5, 5.41) is 3.16. The summed E-state index contributed by atoms with van der Waals surface area (Å²) < 4.78 is 25.3. The number of nitrogens with one attached hydrogen (secondary N) is 3. The van der Waals surface area contributed by atoms with E-state index >= 15 is 0 Å². The summed E-state index contributed by atoms with van der Waals surface area (Å²) in [7, 11) is -1.98. The molecule has 0 radical (unpaired) electrons. The number of nitrogens with zero attached hydrogens (tertiary/aromatic N) is 1. The van der Waals surface area contributed by atoms with Gasteiger partial charge in [0.2, 0.25) is 10.0 Å². The highest BCUT2D eigenvalue weighted by Crippen LogP contribution is 2.14. The van der Waals surface area contributed by atoms with E-state index in [9.17, 15) is 8.42 Å². The molecule has 2 rings (SSSR count). The summed E-state index contributed by atoms with van der Waals surface area (Å²) in [6.45, 7) is 0.609. The molecule has 6 nitrogen and oxygen atoms in total. The second kappa shape index (κ2) is 5.19. The number of aromatic nitrogens is 2. The van der Waals surface area contributed by atoms with Crippen molar-refractivity contribution in [1.82, 2.24) is 14.7 Å². The number of anilines is 1. The van der Waals surface area contributed by atoms with Crippen LogP contribution in [0, 0.1) is 0 Å². The molecule has 96 valence electrons. The van der Waals surface area contributed by atoms with Gasteiger partial charge < -0.3 is 10.3 Å². The number of benzene rings is 1. The standard InChI is InChI=1S/C11H14N4O2S/c1-12-18(16,17)11-4-2-9(3-5-11)14-7-10-6-13-8-15-10/h2-6,8,12,14H,7H2,1H3,(H,13,15). The summed E-state index contributed by atoms with van der Waals surface area (Å²) in [6.07, 6.45) is 3.34. The number of sulfonamides is 1. The quantitative estimate of drug-likeness (QED) is 0.751. The molecule has 0 aliphatic carbocycles. The summed E-state index contributed by atoms with van der Waals surface area (Å²) in [4.78, 5) is 7.13. The summed E-state index contributed by atoms with van der Waals surface area (Å²) in [5.74, 6) is 0. The van der Waals surface area contributed by atoms with Gasteiger partial charge in [-0.15, -0.1) is 0 Å². The van der Waals surface area contributed by atoms with Gasteiger partial charge in [-0.25, -0.2) is 18.1 Å². The molecular formula is C11H14N4O2S. The van der Waals surface area contributed by atoms with Crippen molar-refractivity contribution in [2.24, 2.45) is 0 Å². The lowest BCUT2D eigenvalue weighted by Gasteiger charge is -2.06. The maximum Gasteiger partial charge on any atom is 0.240 e. The second-order valence-electron chi connectivity index (χ2n) is 3.66. The van der Waals surface area contributed by atoms with Crippen molar-refractivity contribution >= 4 is 15.7 Å². The summed E-state index contributed by atoms with van der Waals surface area (Å²) in [5.41, 5.74) is 1.81. The minimum Gasteiger partial charge on any atom is -0.379 e. The zero-order valence-corrected chi connectivity index (χ0v) is 10.7. The van der Waals surface area contributed by atoms with Gasteiger partial charge in [-0.2, -0.15) is 0 Å². The van der Waals surface area contributed by atoms with Gasteiger partial charge in [0.05, 0.1) is 23.5 Å². The fourth-order valence-corrected chi connectivity index (χ4v) is 2.18. The van der Waals surface area contributed by atoms with Gasteiger partial charge in [0.25, 0.3) is 0 Å². The Balaban J connectivity index is 2.04.